The summed E-state index contributed by atoms with van der Waals surface area (Å²) in [5, 5.41) is 5.66. The molecule has 1 saturated carbocycles. The molecule has 128 valence electrons. The number of rotatable bonds is 7. The average molecular weight is 334 g/mol. The molecule has 1 saturated heterocycles. The van der Waals surface area contributed by atoms with Crippen LogP contribution in [0.25, 0.3) is 0 Å². The summed E-state index contributed by atoms with van der Waals surface area (Å²) in [5.74, 6) is 0.548. The van der Waals surface area contributed by atoms with E-state index in [0.717, 1.165) is 12.8 Å². The molecule has 2 fully saturated rings. The van der Waals surface area contributed by atoms with Gasteiger partial charge in [0.1, 0.15) is 6.10 Å². The molecule has 0 spiro atoms. The number of halogens is 1. The van der Waals surface area contributed by atoms with Crippen molar-refractivity contribution in [2.45, 2.75) is 57.2 Å². The second-order valence-electron chi connectivity index (χ2n) is 6.06. The molecular weight excluding hydrogens is 306 g/mol. The second kappa shape index (κ2) is 10.0. The molecule has 22 heavy (non-hydrogen) atoms. The smallest absolute Gasteiger partial charge is 0.249 e. The number of carbonyl (C=O) groups excluding carboxylic acids is 2. The van der Waals surface area contributed by atoms with E-state index in [9.17, 15) is 9.59 Å². The predicted octanol–water partition coefficient (Wildman–Crippen LogP) is 0.727. The zero-order valence-electron chi connectivity index (χ0n) is 13.0. The minimum Gasteiger partial charge on any atom is -0.364 e. The van der Waals surface area contributed by atoms with E-state index in [-0.39, 0.29) is 36.4 Å². The van der Waals surface area contributed by atoms with Gasteiger partial charge in [-0.3, -0.25) is 9.59 Å². The Morgan fingerprint density at radius 3 is 2.36 bits per heavy atom. The Balaban J connectivity index is 0.00000242. The van der Waals surface area contributed by atoms with Crippen LogP contribution in [-0.4, -0.2) is 43.7 Å². The Labute approximate surface area is 138 Å². The maximum Gasteiger partial charge on any atom is 0.249 e. The Hall–Kier alpha value is -0.850. The van der Waals surface area contributed by atoms with Crippen LogP contribution in [0.4, 0.5) is 0 Å². The number of hydrogen-bond acceptors (Lipinski definition) is 4. The van der Waals surface area contributed by atoms with Gasteiger partial charge < -0.3 is 21.1 Å². The number of amides is 2. The van der Waals surface area contributed by atoms with Gasteiger partial charge in [-0.1, -0.05) is 12.8 Å². The van der Waals surface area contributed by atoms with Gasteiger partial charge in [0.05, 0.1) is 6.10 Å². The van der Waals surface area contributed by atoms with Crippen molar-refractivity contribution in [3.8, 4) is 0 Å². The summed E-state index contributed by atoms with van der Waals surface area (Å²) in [6.07, 6.45) is 6.65. The SMILES string of the molecule is Cl.NC[C@H]1CC[C@@H](C(=O)NCCNC(=O)CC2CCCC2)O1. The molecule has 2 atom stereocenters. The van der Waals surface area contributed by atoms with Gasteiger partial charge in [0.25, 0.3) is 0 Å². The highest BCUT2D eigenvalue weighted by molar-refractivity contribution is 5.85. The fraction of sp³-hybridized carbons (Fsp3) is 0.867. The van der Waals surface area contributed by atoms with Crippen LogP contribution in [0, 0.1) is 5.92 Å². The molecule has 0 aromatic rings. The van der Waals surface area contributed by atoms with Crippen LogP contribution >= 0.6 is 12.4 Å². The van der Waals surface area contributed by atoms with E-state index in [1.165, 1.54) is 25.7 Å². The molecule has 2 rings (SSSR count). The molecule has 0 aromatic heterocycles. The summed E-state index contributed by atoms with van der Waals surface area (Å²) in [6.45, 7) is 1.38. The third kappa shape index (κ3) is 6.10. The zero-order chi connectivity index (χ0) is 15.1. The van der Waals surface area contributed by atoms with Crippen LogP contribution in [0.3, 0.4) is 0 Å². The Morgan fingerprint density at radius 2 is 1.73 bits per heavy atom. The summed E-state index contributed by atoms with van der Waals surface area (Å²) in [4.78, 5) is 23.6. The fourth-order valence-electron chi connectivity index (χ4n) is 3.12. The van der Waals surface area contributed by atoms with Crippen molar-refractivity contribution in [3.63, 3.8) is 0 Å². The number of nitrogens with two attached hydrogens (primary N) is 1. The number of nitrogens with one attached hydrogen (secondary N) is 2. The van der Waals surface area contributed by atoms with Crippen molar-refractivity contribution in [1.29, 1.82) is 0 Å². The van der Waals surface area contributed by atoms with Gasteiger partial charge in [-0.25, -0.2) is 0 Å². The highest BCUT2D eigenvalue weighted by Crippen LogP contribution is 2.27. The average Bonchev–Trinajstić information content (AvgIpc) is 3.14. The predicted molar refractivity (Wildman–Crippen MR) is 86.8 cm³/mol. The van der Waals surface area contributed by atoms with E-state index < -0.39 is 0 Å². The normalized spacial score (nSPS) is 24.8. The van der Waals surface area contributed by atoms with E-state index in [1.807, 2.05) is 0 Å². The van der Waals surface area contributed by atoms with Crippen LogP contribution in [-0.2, 0) is 14.3 Å². The molecule has 0 unspecified atom stereocenters. The molecule has 2 amide bonds. The maximum atomic E-state index is 11.8. The van der Waals surface area contributed by atoms with Crippen LogP contribution < -0.4 is 16.4 Å². The van der Waals surface area contributed by atoms with Crippen LogP contribution in [0.1, 0.15) is 44.9 Å². The lowest BCUT2D eigenvalue weighted by Gasteiger charge is -2.13. The molecular formula is C15H28ClN3O3. The summed E-state index contributed by atoms with van der Waals surface area (Å²) in [6, 6.07) is 0. The van der Waals surface area contributed by atoms with E-state index in [4.69, 9.17) is 10.5 Å². The van der Waals surface area contributed by atoms with Gasteiger partial charge in [-0.05, 0) is 31.6 Å². The van der Waals surface area contributed by atoms with Crippen LogP contribution in [0.15, 0.2) is 0 Å². The van der Waals surface area contributed by atoms with Gasteiger partial charge in [0, 0.05) is 26.1 Å². The lowest BCUT2D eigenvalue weighted by Crippen LogP contribution is -2.40. The summed E-state index contributed by atoms with van der Waals surface area (Å²) in [7, 11) is 0. The molecule has 0 radical (unpaired) electrons. The largest absolute Gasteiger partial charge is 0.364 e. The van der Waals surface area contributed by atoms with Crippen molar-refractivity contribution >= 4 is 24.2 Å². The lowest BCUT2D eigenvalue weighted by molar-refractivity contribution is -0.132. The molecule has 2 aliphatic rings. The van der Waals surface area contributed by atoms with Crippen molar-refractivity contribution in [2.24, 2.45) is 11.7 Å². The highest BCUT2D eigenvalue weighted by atomic mass is 35.5. The summed E-state index contributed by atoms with van der Waals surface area (Å²) >= 11 is 0. The minimum absolute atomic E-state index is 0. The second-order valence-corrected chi connectivity index (χ2v) is 6.06. The van der Waals surface area contributed by atoms with E-state index in [2.05, 4.69) is 10.6 Å². The Bertz CT molecular complexity index is 362. The lowest BCUT2D eigenvalue weighted by atomic mass is 10.0. The Kier molecular flexibility index (Phi) is 8.75. The topological polar surface area (TPSA) is 93.5 Å². The quantitative estimate of drug-likeness (QED) is 0.599. The molecule has 0 bridgehead atoms. The first-order valence-corrected chi connectivity index (χ1v) is 8.09. The molecule has 1 aliphatic carbocycles. The molecule has 6 nitrogen and oxygen atoms in total. The van der Waals surface area contributed by atoms with E-state index >= 15 is 0 Å². The third-order valence-electron chi connectivity index (χ3n) is 4.36. The monoisotopic (exact) mass is 333 g/mol. The number of ether oxygens (including phenoxy) is 1. The summed E-state index contributed by atoms with van der Waals surface area (Å²) < 4.78 is 5.51. The molecule has 7 heteroatoms. The first kappa shape index (κ1) is 19.2. The third-order valence-corrected chi connectivity index (χ3v) is 4.36. The van der Waals surface area contributed by atoms with Crippen molar-refractivity contribution in [1.82, 2.24) is 10.6 Å². The van der Waals surface area contributed by atoms with Gasteiger partial charge in [-0.15, -0.1) is 12.4 Å². The van der Waals surface area contributed by atoms with Crippen LogP contribution in [0.5, 0.6) is 0 Å². The van der Waals surface area contributed by atoms with E-state index in [1.54, 1.807) is 0 Å². The summed E-state index contributed by atoms with van der Waals surface area (Å²) in [5.41, 5.74) is 5.51. The van der Waals surface area contributed by atoms with Gasteiger partial charge >= 0.3 is 0 Å². The van der Waals surface area contributed by atoms with Crippen LogP contribution in [0.2, 0.25) is 0 Å². The molecule has 0 aromatic carbocycles. The van der Waals surface area contributed by atoms with Crippen molar-refractivity contribution in [2.75, 3.05) is 19.6 Å². The number of carbonyl (C=O) groups is 2. The first-order valence-electron chi connectivity index (χ1n) is 8.09. The molecule has 1 aliphatic heterocycles. The molecule has 4 N–H and O–H groups in total. The van der Waals surface area contributed by atoms with Gasteiger partial charge in [0.2, 0.25) is 11.8 Å². The van der Waals surface area contributed by atoms with E-state index in [0.29, 0.717) is 32.0 Å². The maximum absolute atomic E-state index is 11.8. The standard InChI is InChI=1S/C15H27N3O3.ClH/c16-10-12-5-6-13(21-12)15(20)18-8-7-17-14(19)9-11-3-1-2-4-11;/h11-13H,1-10,16H2,(H,17,19)(H,18,20);1H/t12-,13+;/m1./s1. The minimum atomic E-state index is -0.382. The number of hydrogen-bond donors (Lipinski definition) is 3. The highest BCUT2D eigenvalue weighted by Gasteiger charge is 2.29. The van der Waals surface area contributed by atoms with Crippen molar-refractivity contribution < 1.29 is 14.3 Å². The zero-order valence-corrected chi connectivity index (χ0v) is 13.8. The van der Waals surface area contributed by atoms with Gasteiger partial charge in [-0.2, -0.15) is 0 Å². The molecule has 1 heterocycles. The van der Waals surface area contributed by atoms with Crippen molar-refractivity contribution in [3.05, 3.63) is 0 Å². The fourth-order valence-corrected chi connectivity index (χ4v) is 3.12. The Morgan fingerprint density at radius 1 is 1.05 bits per heavy atom. The first-order chi connectivity index (χ1) is 10.2. The van der Waals surface area contributed by atoms with Gasteiger partial charge in [0.15, 0.2) is 0 Å².